The highest BCUT2D eigenvalue weighted by molar-refractivity contribution is 6.36. The Morgan fingerprint density at radius 2 is 1.86 bits per heavy atom. The fraction of sp³-hybridized carbons (Fsp3) is 0.636. The van der Waals surface area contributed by atoms with Crippen LogP contribution >= 0.6 is 23.2 Å². The number of hydrogen-bond donors (Lipinski definition) is 5. The number of aromatic amines is 1. The molecule has 7 rings (SSSR count). The topological polar surface area (TPSA) is 184 Å². The summed E-state index contributed by atoms with van der Waals surface area (Å²) in [6.07, 6.45) is 12.3. The van der Waals surface area contributed by atoms with E-state index in [1.807, 2.05) is 26.0 Å². The minimum Gasteiger partial charge on any atom is -0.511 e. The van der Waals surface area contributed by atoms with Gasteiger partial charge in [0.2, 0.25) is 5.78 Å². The van der Waals surface area contributed by atoms with Gasteiger partial charge in [-0.1, -0.05) is 80.8 Å². The summed E-state index contributed by atoms with van der Waals surface area (Å²) in [6, 6.07) is 0.674. The number of hydrogen-bond acceptors (Lipinski definition) is 9. The number of fused-ring (bicyclic) bond motifs is 4. The van der Waals surface area contributed by atoms with Crippen molar-refractivity contribution in [1.82, 2.24) is 10.3 Å². The zero-order valence-corrected chi connectivity index (χ0v) is 35.3. The van der Waals surface area contributed by atoms with Gasteiger partial charge < -0.3 is 39.8 Å². The van der Waals surface area contributed by atoms with Gasteiger partial charge in [-0.3, -0.25) is 9.59 Å². The molecule has 0 unspecified atom stereocenters. The monoisotopic (exact) mass is 842 g/mol. The first-order valence-electron chi connectivity index (χ1n) is 20.9. The SMILES string of the molecule is CC[C@H]1C[C@]23OC(=O)C(=C(O)[C@]4(CC)[C@@H](C=C[C@@H]5[C@@H](O[C@H]6C[C@@H](O)[C@H](NC(=O)c7[nH]c(Cl)cc7Cl)[C@@H](C)O6)[C@@H](C)CC[C@@H]54)CCCC/C=C\[C@@]2(C)C=C1C(=O)O)C3=O. The predicted molar refractivity (Wildman–Crippen MR) is 216 cm³/mol. The molecule has 6 aliphatic rings. The van der Waals surface area contributed by atoms with Crippen molar-refractivity contribution in [1.29, 1.82) is 0 Å². The van der Waals surface area contributed by atoms with Gasteiger partial charge in [-0.2, -0.15) is 0 Å². The summed E-state index contributed by atoms with van der Waals surface area (Å²) >= 11 is 12.2. The molecule has 1 saturated carbocycles. The van der Waals surface area contributed by atoms with Gasteiger partial charge in [0.05, 0.1) is 34.8 Å². The van der Waals surface area contributed by atoms with Crippen LogP contribution in [0.1, 0.15) is 109 Å². The lowest BCUT2D eigenvalue weighted by atomic mass is 9.50. The van der Waals surface area contributed by atoms with Crippen LogP contribution in [-0.2, 0) is 28.6 Å². The number of ketones is 1. The van der Waals surface area contributed by atoms with Gasteiger partial charge in [-0.15, -0.1) is 0 Å². The van der Waals surface area contributed by atoms with Gasteiger partial charge in [0.25, 0.3) is 5.91 Å². The normalized spacial score (nSPS) is 40.8. The van der Waals surface area contributed by atoms with Crippen LogP contribution < -0.4 is 5.32 Å². The molecule has 1 amide bonds. The number of nitrogens with one attached hydrogen (secondary N) is 2. The molecule has 14 heteroatoms. The zero-order chi connectivity index (χ0) is 41.9. The van der Waals surface area contributed by atoms with Gasteiger partial charge in [-0.25, -0.2) is 9.59 Å². The van der Waals surface area contributed by atoms with Crippen LogP contribution in [0.15, 0.2) is 53.4 Å². The average molecular weight is 844 g/mol. The number of H-pyrrole nitrogens is 1. The molecule has 0 radical (unpaired) electrons. The molecule has 2 aliphatic heterocycles. The highest BCUT2D eigenvalue weighted by Crippen LogP contribution is 2.61. The van der Waals surface area contributed by atoms with Crippen LogP contribution in [0.2, 0.25) is 10.2 Å². The van der Waals surface area contributed by atoms with Gasteiger partial charge in [0.1, 0.15) is 22.2 Å². The summed E-state index contributed by atoms with van der Waals surface area (Å²) < 4.78 is 19.3. The number of carboxylic acids is 1. The molecule has 1 spiro atoms. The molecule has 1 aromatic heterocycles. The second kappa shape index (κ2) is 16.2. The molecular weight excluding hydrogens is 787 g/mol. The lowest BCUT2D eigenvalue weighted by Gasteiger charge is -2.55. The molecule has 12 nitrogen and oxygen atoms in total. The van der Waals surface area contributed by atoms with Crippen molar-refractivity contribution < 1.29 is 48.7 Å². The van der Waals surface area contributed by atoms with Crippen LogP contribution in [0.5, 0.6) is 0 Å². The van der Waals surface area contributed by atoms with E-state index in [-0.39, 0.29) is 69.3 Å². The molecule has 2 bridgehead atoms. The first-order valence-corrected chi connectivity index (χ1v) is 21.6. The predicted octanol–water partition coefficient (Wildman–Crippen LogP) is 7.80. The van der Waals surface area contributed by atoms with Gasteiger partial charge in [0.15, 0.2) is 11.9 Å². The maximum absolute atomic E-state index is 15.1. The number of aliphatic hydroxyl groups excluding tert-OH is 2. The second-order valence-corrected chi connectivity index (χ2v) is 18.4. The number of aliphatic hydroxyl groups is 2. The van der Waals surface area contributed by atoms with Crippen LogP contribution in [0.4, 0.5) is 0 Å². The third kappa shape index (κ3) is 6.98. The Morgan fingerprint density at radius 1 is 1.10 bits per heavy atom. The van der Waals surface area contributed by atoms with E-state index >= 15 is 4.79 Å². The lowest BCUT2D eigenvalue weighted by molar-refractivity contribution is -0.258. The Labute approximate surface area is 349 Å². The Morgan fingerprint density at radius 3 is 2.52 bits per heavy atom. The highest BCUT2D eigenvalue weighted by Gasteiger charge is 2.67. The number of aromatic nitrogens is 1. The number of amides is 1. The van der Waals surface area contributed by atoms with Crippen molar-refractivity contribution in [2.75, 3.05) is 0 Å². The number of carbonyl (C=O) groups is 4. The Balaban J connectivity index is 1.21. The highest BCUT2D eigenvalue weighted by atomic mass is 35.5. The summed E-state index contributed by atoms with van der Waals surface area (Å²) in [5, 5.41) is 37.5. The number of Topliss-reactive ketones (excluding diaryl/α,β-unsaturated/α-hetero) is 1. The van der Waals surface area contributed by atoms with E-state index in [1.165, 1.54) is 6.07 Å². The summed E-state index contributed by atoms with van der Waals surface area (Å²) in [4.78, 5) is 57.5. The van der Waals surface area contributed by atoms with E-state index < -0.39 is 76.6 Å². The first-order chi connectivity index (χ1) is 27.5. The van der Waals surface area contributed by atoms with Crippen LogP contribution in [0.25, 0.3) is 0 Å². The van der Waals surface area contributed by atoms with E-state index in [0.717, 1.165) is 25.7 Å². The van der Waals surface area contributed by atoms with Crippen LogP contribution in [0, 0.1) is 40.4 Å². The number of allylic oxidation sites excluding steroid dienone is 3. The molecule has 4 aliphatic carbocycles. The molecule has 0 aromatic carbocycles. The zero-order valence-electron chi connectivity index (χ0n) is 33.8. The van der Waals surface area contributed by atoms with Crippen LogP contribution in [-0.4, -0.2) is 80.2 Å². The maximum atomic E-state index is 15.1. The minimum absolute atomic E-state index is 0.00395. The first kappa shape index (κ1) is 42.7. The number of carbonyl (C=O) groups excluding carboxylic acids is 3. The van der Waals surface area contributed by atoms with Crippen LogP contribution in [0.3, 0.4) is 0 Å². The molecule has 13 atom stereocenters. The number of aliphatic carboxylic acids is 1. The summed E-state index contributed by atoms with van der Waals surface area (Å²) in [5.41, 5.74) is -4.03. The van der Waals surface area contributed by atoms with Crippen molar-refractivity contribution in [2.24, 2.45) is 40.4 Å². The molecular formula is C44H56Cl2N2O10. The van der Waals surface area contributed by atoms with Crippen molar-refractivity contribution in [3.8, 4) is 0 Å². The summed E-state index contributed by atoms with van der Waals surface area (Å²) in [5.74, 6) is -4.44. The Bertz CT molecular complexity index is 1940. The minimum atomic E-state index is -1.72. The number of rotatable bonds is 7. The fourth-order valence-electron chi connectivity index (χ4n) is 11.3. The van der Waals surface area contributed by atoms with E-state index in [2.05, 4.69) is 29.4 Å². The largest absolute Gasteiger partial charge is 0.511 e. The molecule has 58 heavy (non-hydrogen) atoms. The second-order valence-electron chi connectivity index (χ2n) is 17.6. The number of halogens is 2. The summed E-state index contributed by atoms with van der Waals surface area (Å²) in [7, 11) is 0. The van der Waals surface area contributed by atoms with Crippen molar-refractivity contribution in [3.05, 3.63) is 69.2 Å². The van der Waals surface area contributed by atoms with E-state index in [4.69, 9.17) is 37.4 Å². The number of ether oxygens (including phenoxy) is 3. The smallest absolute Gasteiger partial charge is 0.346 e. The fourth-order valence-corrected chi connectivity index (χ4v) is 11.8. The molecule has 3 fully saturated rings. The quantitative estimate of drug-likeness (QED) is 0.103. The number of esters is 1. The van der Waals surface area contributed by atoms with Gasteiger partial charge in [0, 0.05) is 29.7 Å². The molecule has 5 N–H and O–H groups in total. The van der Waals surface area contributed by atoms with E-state index in [1.54, 1.807) is 19.9 Å². The van der Waals surface area contributed by atoms with Crippen molar-refractivity contribution in [3.63, 3.8) is 0 Å². The Hall–Kier alpha value is -3.42. The third-order valence-corrected chi connectivity index (χ3v) is 15.0. The lowest BCUT2D eigenvalue weighted by Crippen LogP contribution is -2.58. The van der Waals surface area contributed by atoms with Gasteiger partial charge >= 0.3 is 11.9 Å². The summed E-state index contributed by atoms with van der Waals surface area (Å²) in [6.45, 7) is 9.47. The number of carboxylic acid groups (broad SMARTS) is 1. The standard InChI is InChI=1S/C44H56Cl2N2O10/c1-6-24-20-44-38(51)33(41(55)58-44)37(50)43(7-2)25(12-10-8-9-11-17-42(44,5)21-27(24)40(53)54)14-15-26-28(43)16-13-22(3)36(26)57-32-19-30(49)34(23(4)56-32)48-39(52)35-29(45)18-31(46)47-35/h11,14-15,17-18,21-26,28,30,32,34,36,47,49-50H,6-10,12-13,16,19-20H2,1-5H3,(H,48,52)(H,53,54)/b17-11-,37-33?/t22-,23+,24-,25+,26-,28-,30+,32-,34+,36-,42-,43+,44+/m0/s1. The molecule has 3 heterocycles. The van der Waals surface area contributed by atoms with Crippen molar-refractivity contribution in [2.45, 2.75) is 135 Å². The maximum Gasteiger partial charge on any atom is 0.346 e. The third-order valence-electron chi connectivity index (χ3n) is 14.5. The molecule has 2 saturated heterocycles. The molecule has 316 valence electrons. The molecule has 1 aromatic rings. The van der Waals surface area contributed by atoms with Crippen molar-refractivity contribution >= 4 is 46.8 Å². The van der Waals surface area contributed by atoms with Gasteiger partial charge in [-0.05, 0) is 88.5 Å². The van der Waals surface area contributed by atoms with E-state index in [0.29, 0.717) is 25.7 Å². The Kier molecular flexibility index (Phi) is 11.9. The average Bonchev–Trinajstić information content (AvgIpc) is 3.65. The van der Waals surface area contributed by atoms with E-state index in [9.17, 15) is 29.7 Å².